The van der Waals surface area contributed by atoms with Crippen molar-refractivity contribution in [2.24, 2.45) is 5.92 Å². The van der Waals surface area contributed by atoms with Gasteiger partial charge in [-0.15, -0.1) is 5.10 Å². The van der Waals surface area contributed by atoms with Crippen molar-refractivity contribution in [3.63, 3.8) is 0 Å². The van der Waals surface area contributed by atoms with Crippen molar-refractivity contribution in [2.45, 2.75) is 58.0 Å². The van der Waals surface area contributed by atoms with Gasteiger partial charge in [-0.05, 0) is 73.6 Å². The molecule has 1 amide bonds. The largest absolute Gasteiger partial charge is 0.494 e. The number of fused-ring (bicyclic) bond motifs is 1. The van der Waals surface area contributed by atoms with Crippen LogP contribution in [0.5, 0.6) is 5.75 Å². The van der Waals surface area contributed by atoms with Crippen molar-refractivity contribution >= 4 is 29.3 Å². The Bertz CT molecular complexity index is 1540. The third kappa shape index (κ3) is 6.65. The Labute approximate surface area is 246 Å². The predicted octanol–water partition coefficient (Wildman–Crippen LogP) is 7.54. The molecule has 0 aliphatic carbocycles. The molecule has 1 aliphatic heterocycles. The van der Waals surface area contributed by atoms with Crippen molar-refractivity contribution in [3.05, 3.63) is 106 Å². The normalized spacial score (nSPS) is 14.5. The number of hydrogen-bond donors (Lipinski definition) is 2. The predicted molar refractivity (Wildman–Crippen MR) is 166 cm³/mol. The van der Waals surface area contributed by atoms with Gasteiger partial charge in [0.25, 0.3) is 5.91 Å². The van der Waals surface area contributed by atoms with E-state index >= 15 is 0 Å². The van der Waals surface area contributed by atoms with Crippen LogP contribution in [0, 0.1) is 19.8 Å². The average molecular weight is 568 g/mol. The number of aromatic nitrogens is 3. The van der Waals surface area contributed by atoms with Crippen molar-refractivity contribution in [3.8, 4) is 5.75 Å². The van der Waals surface area contributed by atoms with Gasteiger partial charge in [-0.1, -0.05) is 80.2 Å². The Balaban J connectivity index is 1.47. The molecule has 2 heterocycles. The third-order valence-corrected chi connectivity index (χ3v) is 8.21. The summed E-state index contributed by atoms with van der Waals surface area (Å²) < 4.78 is 7.79. The molecule has 7 nitrogen and oxygen atoms in total. The molecule has 8 heteroatoms. The Morgan fingerprint density at radius 2 is 1.78 bits per heavy atom. The monoisotopic (exact) mass is 567 g/mol. The van der Waals surface area contributed by atoms with Crippen LogP contribution in [0.25, 0.3) is 0 Å². The van der Waals surface area contributed by atoms with Gasteiger partial charge in [0.05, 0.1) is 12.2 Å². The van der Waals surface area contributed by atoms with Crippen molar-refractivity contribution in [2.75, 3.05) is 17.2 Å². The summed E-state index contributed by atoms with van der Waals surface area (Å²) in [6.45, 7) is 11.0. The second-order valence-corrected chi connectivity index (χ2v) is 11.7. The number of anilines is 2. The minimum Gasteiger partial charge on any atom is -0.494 e. The van der Waals surface area contributed by atoms with Gasteiger partial charge in [0.15, 0.2) is 0 Å². The van der Waals surface area contributed by atoms with E-state index in [0.29, 0.717) is 29.2 Å². The summed E-state index contributed by atoms with van der Waals surface area (Å²) in [5.41, 5.74) is 6.43. The zero-order chi connectivity index (χ0) is 28.9. The fourth-order valence-electron chi connectivity index (χ4n) is 4.75. The van der Waals surface area contributed by atoms with E-state index in [1.807, 2.05) is 86.1 Å². The third-order valence-electron chi connectivity index (χ3n) is 7.30. The molecule has 1 aromatic heterocycles. The minimum atomic E-state index is -0.459. The molecule has 1 unspecified atom stereocenters. The Morgan fingerprint density at radius 1 is 1.02 bits per heavy atom. The zero-order valence-corrected chi connectivity index (χ0v) is 25.1. The number of carbonyl (C=O) groups excluding carboxylic acids is 1. The quantitative estimate of drug-likeness (QED) is 0.193. The molecule has 2 N–H and O–H groups in total. The Kier molecular flexibility index (Phi) is 8.78. The molecule has 0 radical (unpaired) electrons. The summed E-state index contributed by atoms with van der Waals surface area (Å²) in [6, 6.07) is 23.7. The van der Waals surface area contributed by atoms with E-state index in [4.69, 9.17) is 14.8 Å². The second kappa shape index (κ2) is 12.6. The van der Waals surface area contributed by atoms with Crippen molar-refractivity contribution in [1.29, 1.82) is 0 Å². The maximum atomic E-state index is 13.9. The van der Waals surface area contributed by atoms with E-state index in [9.17, 15) is 4.79 Å². The highest BCUT2D eigenvalue weighted by molar-refractivity contribution is 7.98. The van der Waals surface area contributed by atoms with Crippen LogP contribution >= 0.6 is 11.8 Å². The summed E-state index contributed by atoms with van der Waals surface area (Å²) in [4.78, 5) is 18.7. The highest BCUT2D eigenvalue weighted by Gasteiger charge is 2.34. The molecule has 0 saturated heterocycles. The molecule has 0 saturated carbocycles. The molecule has 1 aliphatic rings. The number of carbonyl (C=O) groups is 1. The van der Waals surface area contributed by atoms with Crippen LogP contribution in [0.3, 0.4) is 0 Å². The van der Waals surface area contributed by atoms with Gasteiger partial charge >= 0.3 is 0 Å². The number of aryl methyl sites for hydroxylation is 1. The first-order valence-corrected chi connectivity index (χ1v) is 15.0. The molecule has 3 aromatic carbocycles. The number of benzene rings is 3. The first-order valence-electron chi connectivity index (χ1n) is 14.0. The summed E-state index contributed by atoms with van der Waals surface area (Å²) >= 11 is 1.57. The van der Waals surface area contributed by atoms with Gasteiger partial charge in [0.1, 0.15) is 11.8 Å². The zero-order valence-electron chi connectivity index (χ0n) is 24.3. The van der Waals surface area contributed by atoms with E-state index in [1.165, 1.54) is 5.56 Å². The summed E-state index contributed by atoms with van der Waals surface area (Å²) in [6.07, 6.45) is 0.992. The van der Waals surface area contributed by atoms with E-state index in [2.05, 4.69) is 36.6 Å². The van der Waals surface area contributed by atoms with E-state index in [0.717, 1.165) is 46.0 Å². The molecule has 41 heavy (non-hydrogen) atoms. The Morgan fingerprint density at radius 3 is 2.51 bits per heavy atom. The summed E-state index contributed by atoms with van der Waals surface area (Å²) in [5.74, 6) is 2.58. The lowest BCUT2D eigenvalue weighted by Crippen LogP contribution is -2.31. The molecule has 212 valence electrons. The fraction of sp³-hybridized carbons (Fsp3) is 0.303. The van der Waals surface area contributed by atoms with Gasteiger partial charge in [-0.3, -0.25) is 4.79 Å². The number of rotatable bonds is 10. The van der Waals surface area contributed by atoms with Crippen LogP contribution in [0.1, 0.15) is 55.5 Å². The first kappa shape index (κ1) is 28.5. The summed E-state index contributed by atoms with van der Waals surface area (Å²) in [5, 5.41) is 12.0. The van der Waals surface area contributed by atoms with Crippen LogP contribution in [0.4, 0.5) is 11.6 Å². The maximum Gasteiger partial charge on any atom is 0.255 e. The molecular formula is C33H37N5O2S. The van der Waals surface area contributed by atoms with Gasteiger partial charge in [-0.2, -0.15) is 4.98 Å². The molecule has 0 fully saturated rings. The van der Waals surface area contributed by atoms with E-state index < -0.39 is 6.04 Å². The van der Waals surface area contributed by atoms with Crippen LogP contribution in [0.2, 0.25) is 0 Å². The number of thioether (sulfide) groups is 1. The van der Waals surface area contributed by atoms with Crippen molar-refractivity contribution in [1.82, 2.24) is 14.8 Å². The number of nitrogens with zero attached hydrogens (tertiary/aromatic N) is 3. The van der Waals surface area contributed by atoms with E-state index in [-0.39, 0.29) is 5.91 Å². The van der Waals surface area contributed by atoms with Crippen LogP contribution < -0.4 is 15.4 Å². The van der Waals surface area contributed by atoms with Crippen LogP contribution in [-0.4, -0.2) is 27.3 Å². The number of nitrogens with one attached hydrogen (secondary N) is 2. The van der Waals surface area contributed by atoms with Crippen LogP contribution in [-0.2, 0) is 10.5 Å². The highest BCUT2D eigenvalue weighted by atomic mass is 32.2. The number of amides is 1. The molecule has 0 spiro atoms. The lowest BCUT2D eigenvalue weighted by atomic mass is 9.94. The van der Waals surface area contributed by atoms with E-state index in [1.54, 1.807) is 11.8 Å². The molecular weight excluding hydrogens is 530 g/mol. The van der Waals surface area contributed by atoms with Gasteiger partial charge < -0.3 is 15.4 Å². The molecule has 4 aromatic rings. The molecule has 1 atom stereocenters. The van der Waals surface area contributed by atoms with Crippen LogP contribution in [0.15, 0.2) is 89.2 Å². The molecule has 5 rings (SSSR count). The van der Waals surface area contributed by atoms with Gasteiger partial charge in [0.2, 0.25) is 11.1 Å². The number of hydrogen-bond acceptors (Lipinski definition) is 6. The first-order chi connectivity index (χ1) is 19.8. The topological polar surface area (TPSA) is 81.1 Å². The standard InChI is InChI=1S/C33H37N5O2S/c1-21(2)18-19-40-27-16-14-26(15-17-27)30-29(31(39)35-28-13-9-10-22(3)23(28)4)24(5)34-32-36-33(37-38(30)32)41-20-25-11-7-6-8-12-25/h6-17,21,30H,18-20H2,1-5H3,(H,35,39)(H,34,36,37). The maximum absolute atomic E-state index is 13.9. The SMILES string of the molecule is CC1=C(C(=O)Nc2cccc(C)c2C)C(c2ccc(OCCC(C)C)cc2)n2nc(SCc3ccccc3)nc2N1. The minimum absolute atomic E-state index is 0.175. The van der Waals surface area contributed by atoms with Gasteiger partial charge in [0, 0.05) is 17.1 Å². The second-order valence-electron chi connectivity index (χ2n) is 10.8. The number of ether oxygens (including phenoxy) is 1. The molecule has 0 bridgehead atoms. The Hall–Kier alpha value is -4.04. The van der Waals surface area contributed by atoms with Crippen molar-refractivity contribution < 1.29 is 9.53 Å². The number of allylic oxidation sites excluding steroid dienone is 1. The summed E-state index contributed by atoms with van der Waals surface area (Å²) in [7, 11) is 0. The lowest BCUT2D eigenvalue weighted by Gasteiger charge is -2.29. The smallest absolute Gasteiger partial charge is 0.255 e. The fourth-order valence-corrected chi connectivity index (χ4v) is 5.54. The average Bonchev–Trinajstić information content (AvgIpc) is 3.37. The van der Waals surface area contributed by atoms with Gasteiger partial charge in [-0.25, -0.2) is 4.68 Å². The highest BCUT2D eigenvalue weighted by Crippen LogP contribution is 2.38. The lowest BCUT2D eigenvalue weighted by molar-refractivity contribution is -0.113.